The van der Waals surface area contributed by atoms with E-state index in [1.807, 2.05) is 0 Å². The molecule has 9 heavy (non-hydrogen) atoms. The average Bonchev–Trinajstić information content (AvgIpc) is 1.64. The van der Waals surface area contributed by atoms with Crippen molar-refractivity contribution in [2.24, 2.45) is 0 Å². The Bertz CT molecular complexity index is 83.1. The van der Waals surface area contributed by atoms with Crippen LogP contribution < -0.4 is 5.32 Å². The van der Waals surface area contributed by atoms with E-state index in [0.717, 1.165) is 25.9 Å². The summed E-state index contributed by atoms with van der Waals surface area (Å²) in [4.78, 5) is 0. The molecule has 1 rings (SSSR count). The van der Waals surface area contributed by atoms with E-state index in [0.29, 0.717) is 0 Å². The summed E-state index contributed by atoms with van der Waals surface area (Å²) in [5, 5.41) is 12.4. The molecule has 0 unspecified atom stereocenters. The van der Waals surface area contributed by atoms with Gasteiger partial charge in [0.15, 0.2) is 0 Å². The molecule has 0 aromatic carbocycles. The summed E-state index contributed by atoms with van der Waals surface area (Å²) < 4.78 is 0. The normalized spacial score (nSPS) is 22.0. The highest BCUT2D eigenvalue weighted by Crippen LogP contribution is 2.16. The van der Waals surface area contributed by atoms with Crippen molar-refractivity contribution in [3.05, 3.63) is 0 Å². The zero-order valence-corrected chi connectivity index (χ0v) is 6.50. The predicted molar refractivity (Wildman–Crippen MR) is 40.0 cm³/mol. The zero-order chi connectivity index (χ0) is 6.04. The van der Waals surface area contributed by atoms with Gasteiger partial charge in [-0.15, -0.1) is 12.4 Å². The highest BCUT2D eigenvalue weighted by atomic mass is 35.5. The summed E-state index contributed by atoms with van der Waals surface area (Å²) in [6, 6.07) is 0. The number of hydrogen-bond donors (Lipinski definition) is 2. The summed E-state index contributed by atoms with van der Waals surface area (Å²) in [6.45, 7) is 3.68. The molecule has 1 heterocycles. The van der Waals surface area contributed by atoms with Crippen LogP contribution in [0.3, 0.4) is 0 Å². The van der Waals surface area contributed by atoms with Gasteiger partial charge in [0.2, 0.25) is 0 Å². The lowest BCUT2D eigenvalue weighted by atomic mass is 9.92. The fraction of sp³-hybridized carbons (Fsp3) is 1.00. The third-order valence-corrected chi connectivity index (χ3v) is 1.62. The lowest BCUT2D eigenvalue weighted by Gasteiger charge is -2.37. The van der Waals surface area contributed by atoms with E-state index in [2.05, 4.69) is 12.2 Å². The summed E-state index contributed by atoms with van der Waals surface area (Å²) in [5.74, 6) is 0. The average molecular weight is 152 g/mol. The molecule has 0 radical (unpaired) electrons. The van der Waals surface area contributed by atoms with Crippen molar-refractivity contribution >= 4 is 12.4 Å². The van der Waals surface area contributed by atoms with Gasteiger partial charge in [-0.1, -0.05) is 13.3 Å². The van der Waals surface area contributed by atoms with E-state index in [-0.39, 0.29) is 18.0 Å². The molecule has 2 N–H and O–H groups in total. The van der Waals surface area contributed by atoms with Crippen LogP contribution in [0.2, 0.25) is 0 Å². The van der Waals surface area contributed by atoms with Crippen LogP contribution in [0.25, 0.3) is 0 Å². The minimum Gasteiger partial charge on any atom is -0.387 e. The molecule has 0 saturated carbocycles. The molecule has 2 nitrogen and oxygen atoms in total. The summed E-state index contributed by atoms with van der Waals surface area (Å²) in [7, 11) is 0. The van der Waals surface area contributed by atoms with Crippen molar-refractivity contribution in [3.63, 3.8) is 0 Å². The lowest BCUT2D eigenvalue weighted by molar-refractivity contribution is -0.0176. The molecule has 0 aromatic heterocycles. The van der Waals surface area contributed by atoms with Gasteiger partial charge in [-0.2, -0.15) is 0 Å². The second-order valence-electron chi connectivity index (χ2n) is 2.58. The van der Waals surface area contributed by atoms with Crippen LogP contribution in [0.1, 0.15) is 19.8 Å². The number of halogens is 1. The third-order valence-electron chi connectivity index (χ3n) is 1.62. The first-order chi connectivity index (χ1) is 3.77. The number of aliphatic hydroxyl groups is 1. The molecule has 0 aliphatic carbocycles. The molecule has 1 aliphatic heterocycles. The van der Waals surface area contributed by atoms with Crippen molar-refractivity contribution in [1.82, 2.24) is 5.32 Å². The molecule has 0 bridgehead atoms. The third kappa shape index (κ3) is 2.12. The van der Waals surface area contributed by atoms with Crippen molar-refractivity contribution in [1.29, 1.82) is 0 Å². The van der Waals surface area contributed by atoms with Crippen LogP contribution in [0.5, 0.6) is 0 Å². The Balaban J connectivity index is 0.000000640. The van der Waals surface area contributed by atoms with Gasteiger partial charge >= 0.3 is 0 Å². The van der Waals surface area contributed by atoms with Crippen LogP contribution in [0.4, 0.5) is 0 Å². The topological polar surface area (TPSA) is 32.3 Å². The van der Waals surface area contributed by atoms with Gasteiger partial charge in [-0.05, 0) is 6.42 Å². The fourth-order valence-corrected chi connectivity index (χ4v) is 1.06. The Morgan fingerprint density at radius 3 is 2.22 bits per heavy atom. The first kappa shape index (κ1) is 9.21. The second kappa shape index (κ2) is 3.40. The molecular formula is C6H14ClNO. The standard InChI is InChI=1S/C6H13NO.ClH/c1-2-3-6(8)4-7-5-6;/h7-8H,2-5H2,1H3;1H. The van der Waals surface area contributed by atoms with E-state index >= 15 is 0 Å². The van der Waals surface area contributed by atoms with Crippen LogP contribution in [-0.2, 0) is 0 Å². The van der Waals surface area contributed by atoms with Gasteiger partial charge in [0.05, 0.1) is 5.60 Å². The first-order valence-electron chi connectivity index (χ1n) is 3.20. The maximum Gasteiger partial charge on any atom is 0.0895 e. The summed E-state index contributed by atoms with van der Waals surface area (Å²) in [5.41, 5.74) is -0.339. The lowest BCUT2D eigenvalue weighted by Crippen LogP contribution is -2.59. The van der Waals surface area contributed by atoms with E-state index in [1.165, 1.54) is 0 Å². The van der Waals surface area contributed by atoms with Crippen molar-refractivity contribution in [3.8, 4) is 0 Å². The summed E-state index contributed by atoms with van der Waals surface area (Å²) in [6.07, 6.45) is 2.03. The maximum absolute atomic E-state index is 9.35. The molecule has 56 valence electrons. The highest BCUT2D eigenvalue weighted by molar-refractivity contribution is 5.85. The molecule has 0 spiro atoms. The van der Waals surface area contributed by atoms with Gasteiger partial charge in [-0.25, -0.2) is 0 Å². The number of rotatable bonds is 2. The van der Waals surface area contributed by atoms with Crippen LogP contribution in [0, 0.1) is 0 Å². The van der Waals surface area contributed by atoms with E-state index in [1.54, 1.807) is 0 Å². The minimum atomic E-state index is -0.339. The van der Waals surface area contributed by atoms with E-state index in [4.69, 9.17) is 0 Å². The molecule has 1 fully saturated rings. The monoisotopic (exact) mass is 151 g/mol. The Morgan fingerprint density at radius 1 is 1.56 bits per heavy atom. The Morgan fingerprint density at radius 2 is 2.11 bits per heavy atom. The van der Waals surface area contributed by atoms with Gasteiger partial charge < -0.3 is 10.4 Å². The van der Waals surface area contributed by atoms with E-state index in [9.17, 15) is 5.11 Å². The van der Waals surface area contributed by atoms with E-state index < -0.39 is 0 Å². The van der Waals surface area contributed by atoms with Crippen LogP contribution >= 0.6 is 12.4 Å². The predicted octanol–water partition coefficient (Wildman–Crippen LogP) is 0.543. The fourth-order valence-electron chi connectivity index (χ4n) is 1.06. The Hall–Kier alpha value is 0.210. The highest BCUT2D eigenvalue weighted by Gasteiger charge is 2.32. The molecule has 0 atom stereocenters. The molecule has 3 heteroatoms. The van der Waals surface area contributed by atoms with Crippen molar-refractivity contribution < 1.29 is 5.11 Å². The SMILES string of the molecule is CCCC1(O)CNC1.Cl. The minimum absolute atomic E-state index is 0. The molecule has 1 aliphatic rings. The number of nitrogens with one attached hydrogen (secondary N) is 1. The van der Waals surface area contributed by atoms with Gasteiger partial charge in [0.25, 0.3) is 0 Å². The quantitative estimate of drug-likeness (QED) is 0.604. The number of hydrogen-bond acceptors (Lipinski definition) is 2. The first-order valence-corrected chi connectivity index (χ1v) is 3.20. The number of β-amino-alcohol motifs (C(OH)–C–C–N with tert-alkyl or cyclic N) is 1. The maximum atomic E-state index is 9.35. The van der Waals surface area contributed by atoms with Crippen LogP contribution in [-0.4, -0.2) is 23.8 Å². The Kier molecular flexibility index (Phi) is 3.48. The van der Waals surface area contributed by atoms with Gasteiger partial charge in [0, 0.05) is 13.1 Å². The largest absolute Gasteiger partial charge is 0.387 e. The van der Waals surface area contributed by atoms with Gasteiger partial charge in [-0.3, -0.25) is 0 Å². The second-order valence-corrected chi connectivity index (χ2v) is 2.58. The Labute approximate surface area is 62.1 Å². The molecular weight excluding hydrogens is 138 g/mol. The van der Waals surface area contributed by atoms with Crippen LogP contribution in [0.15, 0.2) is 0 Å². The molecule has 1 saturated heterocycles. The molecule has 0 amide bonds. The van der Waals surface area contributed by atoms with Crippen molar-refractivity contribution in [2.45, 2.75) is 25.4 Å². The summed E-state index contributed by atoms with van der Waals surface area (Å²) >= 11 is 0. The van der Waals surface area contributed by atoms with Gasteiger partial charge in [0.1, 0.15) is 0 Å². The zero-order valence-electron chi connectivity index (χ0n) is 5.68. The molecule has 0 aromatic rings. The smallest absolute Gasteiger partial charge is 0.0895 e. The van der Waals surface area contributed by atoms with Crippen molar-refractivity contribution in [2.75, 3.05) is 13.1 Å².